The summed E-state index contributed by atoms with van der Waals surface area (Å²) in [6.45, 7) is 1.80. The number of esters is 1. The van der Waals surface area contributed by atoms with E-state index in [2.05, 4.69) is 5.01 Å². The van der Waals surface area contributed by atoms with E-state index in [0.717, 1.165) is 38.8 Å². The van der Waals surface area contributed by atoms with Crippen LogP contribution >= 0.6 is 0 Å². The van der Waals surface area contributed by atoms with Gasteiger partial charge in [-0.2, -0.15) is 5.10 Å². The van der Waals surface area contributed by atoms with Crippen LogP contribution in [0.5, 0.6) is 0 Å². The molecule has 2 aliphatic carbocycles. The van der Waals surface area contributed by atoms with Crippen molar-refractivity contribution in [1.82, 2.24) is 5.01 Å². The Bertz CT molecular complexity index is 480. The van der Waals surface area contributed by atoms with Gasteiger partial charge in [0.15, 0.2) is 0 Å². The number of methoxy groups -OCH3 is 2. The normalized spacial score (nSPS) is 35.1. The number of carbonyl (C=O) groups excluding carboxylic acids is 1. The predicted octanol–water partition coefficient (Wildman–Crippen LogP) is 3.62. The fraction of sp³-hybridized carbons (Fsp3) is 0.900. The first kappa shape index (κ1) is 18.7. The zero-order valence-corrected chi connectivity index (χ0v) is 15.9. The summed E-state index contributed by atoms with van der Waals surface area (Å²) in [5.74, 6) is 0.944. The van der Waals surface area contributed by atoms with Gasteiger partial charge in [-0.05, 0) is 50.9 Å². The summed E-state index contributed by atoms with van der Waals surface area (Å²) in [7, 11) is 3.31. The molecule has 3 fully saturated rings. The molecule has 0 aromatic heterocycles. The lowest BCUT2D eigenvalue weighted by Gasteiger charge is -2.39. The molecule has 5 heteroatoms. The molecule has 0 radical (unpaired) electrons. The average Bonchev–Trinajstić information content (AvgIpc) is 3.09. The fourth-order valence-electron chi connectivity index (χ4n) is 5.17. The van der Waals surface area contributed by atoms with Crippen molar-refractivity contribution >= 4 is 11.7 Å². The van der Waals surface area contributed by atoms with Crippen LogP contribution in [0, 0.1) is 17.8 Å². The van der Waals surface area contributed by atoms with Gasteiger partial charge < -0.3 is 9.47 Å². The van der Waals surface area contributed by atoms with E-state index in [1.54, 1.807) is 7.11 Å². The van der Waals surface area contributed by atoms with E-state index in [4.69, 9.17) is 14.6 Å². The molecule has 142 valence electrons. The highest BCUT2D eigenvalue weighted by Gasteiger charge is 2.40. The van der Waals surface area contributed by atoms with E-state index in [-0.39, 0.29) is 11.9 Å². The van der Waals surface area contributed by atoms with Crippen LogP contribution in [0.4, 0.5) is 0 Å². The van der Waals surface area contributed by atoms with E-state index >= 15 is 0 Å². The largest absolute Gasteiger partial charge is 0.469 e. The first-order chi connectivity index (χ1) is 12.2. The zero-order valence-electron chi connectivity index (χ0n) is 15.9. The van der Waals surface area contributed by atoms with Gasteiger partial charge in [-0.25, -0.2) is 0 Å². The second kappa shape index (κ2) is 9.02. The maximum absolute atomic E-state index is 12.3. The molecule has 3 rings (SSSR count). The van der Waals surface area contributed by atoms with E-state index in [0.29, 0.717) is 17.9 Å². The summed E-state index contributed by atoms with van der Waals surface area (Å²) in [5, 5.41) is 7.40. The third-order valence-corrected chi connectivity index (χ3v) is 6.43. The number of rotatable bonds is 5. The van der Waals surface area contributed by atoms with Crippen molar-refractivity contribution < 1.29 is 14.3 Å². The monoisotopic (exact) mass is 350 g/mol. The van der Waals surface area contributed by atoms with Gasteiger partial charge in [0, 0.05) is 25.3 Å². The topological polar surface area (TPSA) is 51.1 Å². The third-order valence-electron chi connectivity index (χ3n) is 6.43. The Balaban J connectivity index is 1.77. The highest BCUT2D eigenvalue weighted by Crippen LogP contribution is 2.41. The number of hydrazone groups is 1. The summed E-state index contributed by atoms with van der Waals surface area (Å²) >= 11 is 0. The van der Waals surface area contributed by atoms with Crippen LogP contribution in [-0.2, 0) is 14.3 Å². The summed E-state index contributed by atoms with van der Waals surface area (Å²) in [6.07, 6.45) is 11.6. The molecule has 4 atom stereocenters. The van der Waals surface area contributed by atoms with Crippen molar-refractivity contribution in [2.75, 3.05) is 27.4 Å². The Morgan fingerprint density at radius 2 is 1.88 bits per heavy atom. The molecule has 0 N–H and O–H groups in total. The lowest BCUT2D eigenvalue weighted by Crippen LogP contribution is -2.39. The van der Waals surface area contributed by atoms with Gasteiger partial charge in [-0.1, -0.05) is 19.3 Å². The van der Waals surface area contributed by atoms with Crippen LogP contribution in [0.15, 0.2) is 5.10 Å². The maximum atomic E-state index is 12.3. The van der Waals surface area contributed by atoms with Crippen LogP contribution in [0.1, 0.15) is 64.2 Å². The van der Waals surface area contributed by atoms with Crippen LogP contribution < -0.4 is 0 Å². The number of carbonyl (C=O) groups is 1. The molecule has 1 saturated heterocycles. The molecule has 1 aliphatic heterocycles. The molecule has 0 unspecified atom stereocenters. The van der Waals surface area contributed by atoms with Gasteiger partial charge in [0.25, 0.3) is 0 Å². The lowest BCUT2D eigenvalue weighted by atomic mass is 9.67. The second-order valence-corrected chi connectivity index (χ2v) is 7.94. The van der Waals surface area contributed by atoms with Crippen molar-refractivity contribution in [1.29, 1.82) is 0 Å². The lowest BCUT2D eigenvalue weighted by molar-refractivity contribution is -0.149. The molecule has 0 bridgehead atoms. The number of hydrogen-bond donors (Lipinski definition) is 0. The van der Waals surface area contributed by atoms with E-state index in [1.807, 2.05) is 0 Å². The van der Waals surface area contributed by atoms with Gasteiger partial charge in [-0.15, -0.1) is 0 Å². The third kappa shape index (κ3) is 4.36. The number of nitrogens with zero attached hydrogens (tertiary/aromatic N) is 2. The SMILES string of the molecule is COC[C@@H]1CCCN1/N=C1/CCCC[C@H]1[C@H]1CCCC[C@@H]1C(=O)OC. The molecular weight excluding hydrogens is 316 g/mol. The van der Waals surface area contributed by atoms with Crippen molar-refractivity contribution in [2.24, 2.45) is 22.9 Å². The molecule has 2 saturated carbocycles. The summed E-state index contributed by atoms with van der Waals surface area (Å²) in [5.41, 5.74) is 1.34. The Morgan fingerprint density at radius 3 is 2.68 bits per heavy atom. The summed E-state index contributed by atoms with van der Waals surface area (Å²) in [4.78, 5) is 12.3. The van der Waals surface area contributed by atoms with Gasteiger partial charge >= 0.3 is 5.97 Å². The van der Waals surface area contributed by atoms with E-state index in [1.165, 1.54) is 51.3 Å². The second-order valence-electron chi connectivity index (χ2n) is 7.94. The van der Waals surface area contributed by atoms with Crippen LogP contribution in [-0.4, -0.2) is 50.1 Å². The van der Waals surface area contributed by atoms with Crippen molar-refractivity contribution in [3.05, 3.63) is 0 Å². The van der Waals surface area contributed by atoms with Crippen LogP contribution in [0.25, 0.3) is 0 Å². The van der Waals surface area contributed by atoms with Gasteiger partial charge in [0.2, 0.25) is 0 Å². The molecule has 5 nitrogen and oxygen atoms in total. The molecule has 3 aliphatic rings. The molecule has 0 aromatic rings. The average molecular weight is 351 g/mol. The summed E-state index contributed by atoms with van der Waals surface area (Å²) < 4.78 is 10.5. The highest BCUT2D eigenvalue weighted by molar-refractivity contribution is 5.88. The van der Waals surface area contributed by atoms with Crippen molar-refractivity contribution in [3.8, 4) is 0 Å². The maximum Gasteiger partial charge on any atom is 0.308 e. The minimum atomic E-state index is -0.00643. The Labute approximate surface area is 152 Å². The Morgan fingerprint density at radius 1 is 1.08 bits per heavy atom. The summed E-state index contributed by atoms with van der Waals surface area (Å²) in [6, 6.07) is 0.419. The van der Waals surface area contributed by atoms with Crippen LogP contribution in [0.2, 0.25) is 0 Å². The first-order valence-electron chi connectivity index (χ1n) is 10.2. The Kier molecular flexibility index (Phi) is 6.74. The first-order valence-corrected chi connectivity index (χ1v) is 10.2. The molecular formula is C20H34N2O3. The minimum absolute atomic E-state index is 0.00643. The van der Waals surface area contributed by atoms with E-state index < -0.39 is 0 Å². The number of hydrogen-bond acceptors (Lipinski definition) is 5. The molecule has 1 heterocycles. The standard InChI is InChI=1S/C20H34N2O3/c1-24-14-15-8-7-13-22(15)21-19-12-6-5-10-17(19)16-9-3-4-11-18(16)20(23)25-2/h15-18H,3-14H2,1-2H3/b21-19-/t15-,16+,17-,18-/m0/s1. The fourth-order valence-corrected chi connectivity index (χ4v) is 5.17. The predicted molar refractivity (Wildman–Crippen MR) is 98.5 cm³/mol. The molecule has 0 amide bonds. The quantitative estimate of drug-likeness (QED) is 0.711. The molecule has 0 aromatic carbocycles. The van der Waals surface area contributed by atoms with Gasteiger partial charge in [0.05, 0.1) is 25.7 Å². The molecule has 0 spiro atoms. The van der Waals surface area contributed by atoms with Crippen molar-refractivity contribution in [2.45, 2.75) is 70.3 Å². The Hall–Kier alpha value is -1.10. The smallest absolute Gasteiger partial charge is 0.308 e. The van der Waals surface area contributed by atoms with Crippen molar-refractivity contribution in [3.63, 3.8) is 0 Å². The minimum Gasteiger partial charge on any atom is -0.469 e. The van der Waals surface area contributed by atoms with E-state index in [9.17, 15) is 4.79 Å². The molecule has 25 heavy (non-hydrogen) atoms. The highest BCUT2D eigenvalue weighted by atomic mass is 16.5. The van der Waals surface area contributed by atoms with Gasteiger partial charge in [0.1, 0.15) is 0 Å². The van der Waals surface area contributed by atoms with Gasteiger partial charge in [-0.3, -0.25) is 9.80 Å². The van der Waals surface area contributed by atoms with Crippen LogP contribution in [0.3, 0.4) is 0 Å². The zero-order chi connectivity index (χ0) is 17.6. The number of ether oxygens (including phenoxy) is 2.